The first-order valence-corrected chi connectivity index (χ1v) is 18.2. The minimum Gasteiger partial charge on any atom is -0.463 e. The average Bonchev–Trinajstić information content (AvgIpc) is 3.61. The summed E-state index contributed by atoms with van der Waals surface area (Å²) in [6, 6.07) is 37.9. The van der Waals surface area contributed by atoms with E-state index in [2.05, 4.69) is 60.9 Å². The number of ether oxygens (including phenoxy) is 1. The number of esters is 1. The van der Waals surface area contributed by atoms with Gasteiger partial charge in [-0.2, -0.15) is 0 Å². The Morgan fingerprint density at radius 3 is 2.14 bits per heavy atom. The van der Waals surface area contributed by atoms with Crippen molar-refractivity contribution in [3.63, 3.8) is 0 Å². The third kappa shape index (κ3) is 6.14. The largest absolute Gasteiger partial charge is 0.463 e. The predicted octanol–water partition coefficient (Wildman–Crippen LogP) is 7.73. The van der Waals surface area contributed by atoms with Gasteiger partial charge in [0.05, 0.1) is 28.5 Å². The average molecular weight is 682 g/mol. The molecule has 4 aromatic carbocycles. The van der Waals surface area contributed by atoms with Crippen molar-refractivity contribution in [1.29, 1.82) is 0 Å². The van der Waals surface area contributed by atoms with E-state index in [0.717, 1.165) is 44.2 Å². The second kappa shape index (κ2) is 13.7. The lowest BCUT2D eigenvalue weighted by molar-refractivity contribution is -0.138. The smallest absolute Gasteiger partial charge is 0.338 e. The van der Waals surface area contributed by atoms with Crippen LogP contribution < -0.4 is 14.9 Å². The number of hydrogen-bond donors (Lipinski definition) is 0. The van der Waals surface area contributed by atoms with E-state index in [1.165, 1.54) is 16.9 Å². The van der Waals surface area contributed by atoms with Crippen molar-refractivity contribution in [3.05, 3.63) is 169 Å². The molecule has 0 amide bonds. The molecule has 1 atom stereocenters. The van der Waals surface area contributed by atoms with Crippen LogP contribution in [0, 0.1) is 13.8 Å². The second-order valence-electron chi connectivity index (χ2n) is 11.8. The van der Waals surface area contributed by atoms with Gasteiger partial charge in [-0.15, -0.1) is 11.8 Å². The summed E-state index contributed by atoms with van der Waals surface area (Å²) >= 11 is 2.97. The fourth-order valence-corrected chi connectivity index (χ4v) is 7.85. The summed E-state index contributed by atoms with van der Waals surface area (Å²) in [6.07, 6.45) is 3.97. The first kappa shape index (κ1) is 32.4. The highest BCUT2D eigenvalue weighted by molar-refractivity contribution is 7.98. The number of benzene rings is 4. The van der Waals surface area contributed by atoms with Crippen LogP contribution in [0.25, 0.3) is 28.6 Å². The van der Waals surface area contributed by atoms with Crippen LogP contribution in [0.2, 0.25) is 0 Å². The normalized spacial score (nSPS) is 14.4. The van der Waals surface area contributed by atoms with Gasteiger partial charge in [-0.05, 0) is 85.7 Å². The molecule has 0 N–H and O–H groups in total. The number of hydrogen-bond acceptors (Lipinski definition) is 6. The third-order valence-electron chi connectivity index (χ3n) is 8.79. The topological polar surface area (TPSA) is 65.6 Å². The Balaban J connectivity index is 1.38. The lowest BCUT2D eigenvalue weighted by atomic mass is 9.93. The van der Waals surface area contributed by atoms with Crippen molar-refractivity contribution in [3.8, 4) is 16.8 Å². The molecule has 1 aliphatic rings. The van der Waals surface area contributed by atoms with E-state index in [4.69, 9.17) is 9.73 Å². The molecule has 0 radical (unpaired) electrons. The summed E-state index contributed by atoms with van der Waals surface area (Å²) in [5, 5.41) is 0. The van der Waals surface area contributed by atoms with E-state index in [1.807, 2.05) is 85.1 Å². The van der Waals surface area contributed by atoms with Gasteiger partial charge in [-0.25, -0.2) is 9.79 Å². The standard InChI is InChI=1S/C41H35N3O3S2/c1-5-47-40(46)36-37(30-14-10-7-11-15-30)42-41-44(38(36)31-18-22-34(48-4)23-19-31)39(45)35(49-41)25-32-24-26(2)43(27(32)3)33-20-16-29(17-21-33)28-12-8-6-9-13-28/h6-25,38H,5H2,1-4H3/b35-25-/t38-/m1/s1. The van der Waals surface area contributed by atoms with E-state index in [-0.39, 0.29) is 12.2 Å². The van der Waals surface area contributed by atoms with Gasteiger partial charge in [0, 0.05) is 27.5 Å². The molecule has 6 nitrogen and oxygen atoms in total. The summed E-state index contributed by atoms with van der Waals surface area (Å²) in [6.45, 7) is 6.14. The van der Waals surface area contributed by atoms with Crippen molar-refractivity contribution in [1.82, 2.24) is 9.13 Å². The van der Waals surface area contributed by atoms with Gasteiger partial charge < -0.3 is 9.30 Å². The monoisotopic (exact) mass is 681 g/mol. The Morgan fingerprint density at radius 2 is 1.51 bits per heavy atom. The zero-order valence-electron chi connectivity index (χ0n) is 27.7. The van der Waals surface area contributed by atoms with E-state index in [9.17, 15) is 9.59 Å². The highest BCUT2D eigenvalue weighted by Crippen LogP contribution is 2.36. The van der Waals surface area contributed by atoms with Crippen molar-refractivity contribution in [2.24, 2.45) is 4.99 Å². The van der Waals surface area contributed by atoms with Crippen molar-refractivity contribution in [2.75, 3.05) is 12.9 Å². The maximum atomic E-state index is 14.4. The first-order chi connectivity index (χ1) is 23.9. The van der Waals surface area contributed by atoms with Crippen molar-refractivity contribution < 1.29 is 9.53 Å². The maximum absolute atomic E-state index is 14.4. The molecular formula is C41H35N3O3S2. The lowest BCUT2D eigenvalue weighted by Crippen LogP contribution is -2.40. The molecular weight excluding hydrogens is 647 g/mol. The Labute approximate surface area is 293 Å². The molecule has 49 heavy (non-hydrogen) atoms. The zero-order valence-corrected chi connectivity index (χ0v) is 29.3. The Bertz CT molecular complexity index is 2370. The minimum absolute atomic E-state index is 0.200. The summed E-state index contributed by atoms with van der Waals surface area (Å²) in [4.78, 5) is 34.8. The molecule has 7 rings (SSSR count). The molecule has 0 saturated carbocycles. The van der Waals surface area contributed by atoms with Crippen LogP contribution in [-0.4, -0.2) is 28.0 Å². The third-order valence-corrected chi connectivity index (χ3v) is 10.5. The van der Waals surface area contributed by atoms with Gasteiger partial charge in [0.1, 0.15) is 0 Å². The Hall–Kier alpha value is -5.18. The van der Waals surface area contributed by atoms with E-state index >= 15 is 0 Å². The summed E-state index contributed by atoms with van der Waals surface area (Å²) in [7, 11) is 0. The van der Waals surface area contributed by atoms with E-state index < -0.39 is 12.0 Å². The molecule has 0 bridgehead atoms. The molecule has 0 spiro atoms. The summed E-state index contributed by atoms with van der Waals surface area (Å²) in [5.74, 6) is -0.486. The first-order valence-electron chi connectivity index (χ1n) is 16.1. The molecule has 0 unspecified atom stereocenters. The van der Waals surface area contributed by atoms with Gasteiger partial charge in [0.15, 0.2) is 4.80 Å². The molecule has 0 fully saturated rings. The number of carbonyl (C=O) groups is 1. The quantitative estimate of drug-likeness (QED) is 0.122. The fourth-order valence-electron chi connectivity index (χ4n) is 6.45. The minimum atomic E-state index is -0.709. The molecule has 0 saturated heterocycles. The van der Waals surface area contributed by atoms with Crippen molar-refractivity contribution >= 4 is 40.8 Å². The Kier molecular flexibility index (Phi) is 9.08. The van der Waals surface area contributed by atoms with Gasteiger partial charge in [-0.1, -0.05) is 96.3 Å². The van der Waals surface area contributed by atoms with Crippen LogP contribution in [0.1, 0.15) is 41.0 Å². The van der Waals surface area contributed by atoms with Crippen LogP contribution in [0.15, 0.2) is 136 Å². The fraction of sp³-hybridized carbons (Fsp3) is 0.146. The number of thiazole rings is 1. The number of nitrogens with zero attached hydrogens (tertiary/aromatic N) is 3. The second-order valence-corrected chi connectivity index (χ2v) is 13.7. The highest BCUT2D eigenvalue weighted by atomic mass is 32.2. The van der Waals surface area contributed by atoms with E-state index in [0.29, 0.717) is 20.6 Å². The highest BCUT2D eigenvalue weighted by Gasteiger charge is 2.35. The number of aryl methyl sites for hydroxylation is 1. The molecule has 6 aromatic rings. The molecule has 3 heterocycles. The molecule has 2 aromatic heterocycles. The van der Waals surface area contributed by atoms with Crippen LogP contribution >= 0.6 is 23.1 Å². The zero-order chi connectivity index (χ0) is 34.1. The van der Waals surface area contributed by atoms with Crippen molar-refractivity contribution in [2.45, 2.75) is 31.7 Å². The molecule has 0 aliphatic carbocycles. The van der Waals surface area contributed by atoms with Crippen LogP contribution in [-0.2, 0) is 9.53 Å². The number of rotatable bonds is 8. The number of aromatic nitrogens is 2. The molecule has 244 valence electrons. The lowest BCUT2D eigenvalue weighted by Gasteiger charge is -2.26. The number of fused-ring (bicyclic) bond motifs is 1. The predicted molar refractivity (Wildman–Crippen MR) is 200 cm³/mol. The van der Waals surface area contributed by atoms with E-state index in [1.54, 1.807) is 23.3 Å². The van der Waals surface area contributed by atoms with Gasteiger partial charge >= 0.3 is 5.97 Å². The van der Waals surface area contributed by atoms with Crippen LogP contribution in [0.4, 0.5) is 0 Å². The SMILES string of the molecule is CCOC(=O)C1=C(c2ccccc2)N=c2s/c(=C\c3cc(C)n(-c4ccc(-c5ccccc5)cc4)c3C)c(=O)n2[C@@H]1c1ccc(SC)cc1. The summed E-state index contributed by atoms with van der Waals surface area (Å²) < 4.78 is 10.0. The molecule has 1 aliphatic heterocycles. The molecule has 8 heteroatoms. The summed E-state index contributed by atoms with van der Waals surface area (Å²) in [5.41, 5.74) is 8.68. The number of carbonyl (C=O) groups excluding carboxylic acids is 1. The Morgan fingerprint density at radius 1 is 0.878 bits per heavy atom. The maximum Gasteiger partial charge on any atom is 0.338 e. The van der Waals surface area contributed by atoms with Gasteiger partial charge in [-0.3, -0.25) is 9.36 Å². The number of thioether (sulfide) groups is 1. The van der Waals surface area contributed by atoms with Gasteiger partial charge in [0.25, 0.3) is 5.56 Å². The van der Waals surface area contributed by atoms with Crippen LogP contribution in [0.3, 0.4) is 0 Å². The van der Waals surface area contributed by atoms with Crippen LogP contribution in [0.5, 0.6) is 0 Å². The van der Waals surface area contributed by atoms with Gasteiger partial charge in [0.2, 0.25) is 0 Å².